The maximum atomic E-state index is 12.1. The van der Waals surface area contributed by atoms with E-state index in [1.165, 1.54) is 0 Å². The maximum absolute atomic E-state index is 12.1. The second-order valence-electron chi connectivity index (χ2n) is 7.01. The third-order valence-electron chi connectivity index (χ3n) is 3.37. The Hall–Kier alpha value is -2.05. The highest BCUT2D eigenvalue weighted by Gasteiger charge is 2.27. The van der Waals surface area contributed by atoms with Crippen molar-refractivity contribution in [2.24, 2.45) is 0 Å². The van der Waals surface area contributed by atoms with Crippen molar-refractivity contribution < 1.29 is 9.53 Å². The summed E-state index contributed by atoms with van der Waals surface area (Å²) in [5.41, 5.74) is 0.461. The Labute approximate surface area is 138 Å². The van der Waals surface area contributed by atoms with E-state index in [-0.39, 0.29) is 6.09 Å². The summed E-state index contributed by atoms with van der Waals surface area (Å²) >= 11 is 0. The van der Waals surface area contributed by atoms with Gasteiger partial charge in [0, 0.05) is 32.2 Å². The number of ether oxygens (including phenoxy) is 1. The fraction of sp³-hybridized carbons (Fsp3) is 0.688. The molecule has 0 aliphatic carbocycles. The Balaban J connectivity index is 1.98. The quantitative estimate of drug-likeness (QED) is 0.921. The largest absolute Gasteiger partial charge is 0.444 e. The number of anilines is 2. The number of rotatable bonds is 3. The zero-order chi connectivity index (χ0) is 17.0. The summed E-state index contributed by atoms with van der Waals surface area (Å²) in [7, 11) is 0. The Morgan fingerprint density at radius 3 is 2.48 bits per heavy atom. The first kappa shape index (κ1) is 17.3. The van der Waals surface area contributed by atoms with Crippen molar-refractivity contribution in [2.75, 3.05) is 36.4 Å². The molecule has 0 spiro atoms. The summed E-state index contributed by atoms with van der Waals surface area (Å²) in [6, 6.07) is 0.308. The van der Waals surface area contributed by atoms with E-state index in [0.29, 0.717) is 19.1 Å². The zero-order valence-electron chi connectivity index (χ0n) is 14.7. The van der Waals surface area contributed by atoms with Gasteiger partial charge >= 0.3 is 6.09 Å². The second-order valence-corrected chi connectivity index (χ2v) is 7.01. The lowest BCUT2D eigenvalue weighted by Gasteiger charge is -2.36. The maximum Gasteiger partial charge on any atom is 0.410 e. The van der Waals surface area contributed by atoms with Crippen LogP contribution in [-0.2, 0) is 4.74 Å². The van der Waals surface area contributed by atoms with Gasteiger partial charge in [0.1, 0.15) is 11.9 Å². The summed E-state index contributed by atoms with van der Waals surface area (Å²) in [6.07, 6.45) is 3.10. The first-order valence-electron chi connectivity index (χ1n) is 8.05. The number of amides is 1. The van der Waals surface area contributed by atoms with Crippen LogP contribution in [0.4, 0.5) is 16.3 Å². The second kappa shape index (κ2) is 7.02. The normalized spacial score (nSPS) is 15.7. The van der Waals surface area contributed by atoms with Crippen LogP contribution >= 0.6 is 0 Å². The lowest BCUT2D eigenvalue weighted by atomic mass is 10.2. The van der Waals surface area contributed by atoms with Gasteiger partial charge < -0.3 is 19.9 Å². The highest BCUT2D eigenvalue weighted by Crippen LogP contribution is 2.24. The average molecular weight is 321 g/mol. The van der Waals surface area contributed by atoms with Crippen molar-refractivity contribution in [3.63, 3.8) is 0 Å². The fourth-order valence-corrected chi connectivity index (χ4v) is 2.42. The number of piperazine rings is 1. The molecule has 1 saturated heterocycles. The third-order valence-corrected chi connectivity index (χ3v) is 3.37. The summed E-state index contributed by atoms with van der Waals surface area (Å²) in [5, 5.41) is 3.36. The first-order chi connectivity index (χ1) is 10.8. The van der Waals surface area contributed by atoms with Gasteiger partial charge in [0.05, 0.1) is 11.9 Å². The number of carbonyl (C=O) groups excluding carboxylic acids is 1. The van der Waals surface area contributed by atoms with Gasteiger partial charge in [0.15, 0.2) is 5.82 Å². The van der Waals surface area contributed by atoms with Gasteiger partial charge in [0.2, 0.25) is 0 Å². The number of hydrogen-bond acceptors (Lipinski definition) is 6. The van der Waals surface area contributed by atoms with E-state index in [4.69, 9.17) is 4.74 Å². The number of nitrogens with one attached hydrogen (secondary N) is 1. The highest BCUT2D eigenvalue weighted by atomic mass is 16.6. The molecular formula is C16H27N5O2. The Kier molecular flexibility index (Phi) is 5.28. The monoisotopic (exact) mass is 321 g/mol. The van der Waals surface area contributed by atoms with E-state index in [2.05, 4.69) is 34.0 Å². The molecule has 0 unspecified atom stereocenters. The molecule has 1 fully saturated rings. The topological polar surface area (TPSA) is 70.6 Å². The minimum absolute atomic E-state index is 0.250. The number of nitrogens with zero attached hydrogens (tertiary/aromatic N) is 4. The van der Waals surface area contributed by atoms with Crippen LogP contribution in [0.15, 0.2) is 12.5 Å². The van der Waals surface area contributed by atoms with E-state index in [0.717, 1.165) is 24.6 Å². The van der Waals surface area contributed by atoms with Gasteiger partial charge in [-0.1, -0.05) is 0 Å². The minimum atomic E-state index is -0.463. The van der Waals surface area contributed by atoms with Crippen molar-refractivity contribution in [3.8, 4) is 0 Å². The van der Waals surface area contributed by atoms with Crippen LogP contribution in [-0.4, -0.2) is 58.8 Å². The average Bonchev–Trinajstić information content (AvgIpc) is 2.45. The van der Waals surface area contributed by atoms with Crippen LogP contribution in [0.1, 0.15) is 34.6 Å². The van der Waals surface area contributed by atoms with Gasteiger partial charge in [-0.15, -0.1) is 0 Å². The molecule has 1 aromatic rings. The lowest BCUT2D eigenvalue weighted by molar-refractivity contribution is 0.0240. The third kappa shape index (κ3) is 4.97. The van der Waals surface area contributed by atoms with E-state index in [1.54, 1.807) is 17.4 Å². The predicted molar refractivity (Wildman–Crippen MR) is 90.8 cm³/mol. The van der Waals surface area contributed by atoms with Crippen LogP contribution < -0.4 is 10.2 Å². The van der Waals surface area contributed by atoms with Crippen molar-refractivity contribution in [1.82, 2.24) is 14.9 Å². The highest BCUT2D eigenvalue weighted by molar-refractivity contribution is 5.69. The van der Waals surface area contributed by atoms with Gasteiger partial charge in [-0.05, 0) is 34.6 Å². The molecule has 128 valence electrons. The molecule has 0 saturated carbocycles. The van der Waals surface area contributed by atoms with E-state index in [9.17, 15) is 4.79 Å². The molecular weight excluding hydrogens is 294 g/mol. The molecule has 0 aromatic carbocycles. The Bertz CT molecular complexity index is 534. The molecule has 1 aromatic heterocycles. The molecule has 7 heteroatoms. The van der Waals surface area contributed by atoms with Crippen molar-refractivity contribution in [3.05, 3.63) is 12.5 Å². The van der Waals surface area contributed by atoms with Crippen molar-refractivity contribution >= 4 is 17.6 Å². The summed E-state index contributed by atoms with van der Waals surface area (Å²) < 4.78 is 5.42. The smallest absolute Gasteiger partial charge is 0.410 e. The molecule has 2 heterocycles. The molecule has 1 amide bonds. The molecule has 1 aliphatic heterocycles. The van der Waals surface area contributed by atoms with Crippen LogP contribution in [0.25, 0.3) is 0 Å². The van der Waals surface area contributed by atoms with E-state index >= 15 is 0 Å². The van der Waals surface area contributed by atoms with Crippen LogP contribution in [0.5, 0.6) is 0 Å². The molecule has 23 heavy (non-hydrogen) atoms. The molecule has 0 bridgehead atoms. The van der Waals surface area contributed by atoms with Gasteiger partial charge in [-0.25, -0.2) is 14.8 Å². The van der Waals surface area contributed by atoms with Crippen molar-refractivity contribution in [2.45, 2.75) is 46.3 Å². The van der Waals surface area contributed by atoms with Crippen LogP contribution in [0, 0.1) is 0 Å². The summed E-state index contributed by atoms with van der Waals surface area (Å²) in [5.74, 6) is 0.887. The molecule has 0 radical (unpaired) electrons. The number of carbonyl (C=O) groups is 1. The van der Waals surface area contributed by atoms with Crippen molar-refractivity contribution in [1.29, 1.82) is 0 Å². The van der Waals surface area contributed by atoms with Crippen LogP contribution in [0.3, 0.4) is 0 Å². The first-order valence-corrected chi connectivity index (χ1v) is 8.05. The molecule has 0 atom stereocenters. The number of hydrogen-bond donors (Lipinski definition) is 1. The lowest BCUT2D eigenvalue weighted by Crippen LogP contribution is -2.50. The Morgan fingerprint density at radius 2 is 1.91 bits per heavy atom. The molecule has 7 nitrogen and oxygen atoms in total. The van der Waals surface area contributed by atoms with Gasteiger partial charge in [-0.2, -0.15) is 0 Å². The molecule has 1 N–H and O–H groups in total. The number of aromatic nitrogens is 2. The fourth-order valence-electron chi connectivity index (χ4n) is 2.42. The summed E-state index contributed by atoms with van der Waals surface area (Å²) in [6.45, 7) is 12.5. The van der Waals surface area contributed by atoms with Gasteiger partial charge in [-0.3, -0.25) is 0 Å². The van der Waals surface area contributed by atoms with E-state index < -0.39 is 5.60 Å². The van der Waals surface area contributed by atoms with Crippen LogP contribution in [0.2, 0.25) is 0 Å². The van der Waals surface area contributed by atoms with E-state index in [1.807, 2.05) is 20.8 Å². The summed E-state index contributed by atoms with van der Waals surface area (Å²) in [4.78, 5) is 24.5. The standard InChI is InChI=1S/C16H27N5O2/c1-12(2)19-13-10-17-11-18-14(13)20-6-8-21(9-7-20)15(22)23-16(3,4)5/h10-12,19H,6-9H2,1-5H3. The molecule has 2 rings (SSSR count). The SMILES string of the molecule is CC(C)Nc1cncnc1N1CCN(C(=O)OC(C)(C)C)CC1. The molecule has 1 aliphatic rings. The minimum Gasteiger partial charge on any atom is -0.444 e. The Morgan fingerprint density at radius 1 is 1.26 bits per heavy atom. The van der Waals surface area contributed by atoms with Gasteiger partial charge in [0.25, 0.3) is 0 Å². The zero-order valence-corrected chi connectivity index (χ0v) is 14.7. The predicted octanol–water partition coefficient (Wildman–Crippen LogP) is 2.35.